The maximum atomic E-state index is 14.6. The van der Waals surface area contributed by atoms with Crippen molar-refractivity contribution in [1.29, 1.82) is 0 Å². The average molecular weight is 430 g/mol. The molecule has 6 heteroatoms. The molecule has 1 aliphatic heterocycles. The molecule has 0 saturated heterocycles. The predicted molar refractivity (Wildman–Crippen MR) is 123 cm³/mol. The maximum Gasteiger partial charge on any atom is 0.282 e. The molecule has 0 bridgehead atoms. The fourth-order valence-corrected chi connectivity index (χ4v) is 3.72. The average Bonchev–Trinajstić information content (AvgIpc) is 3.00. The van der Waals surface area contributed by atoms with E-state index in [2.05, 4.69) is 5.32 Å². The van der Waals surface area contributed by atoms with Crippen molar-refractivity contribution in [3.8, 4) is 5.75 Å². The number of hydrogen-bond acceptors (Lipinski definition) is 4. The van der Waals surface area contributed by atoms with Crippen LogP contribution in [0.4, 0.5) is 15.8 Å². The van der Waals surface area contributed by atoms with Crippen LogP contribution in [0.5, 0.6) is 5.75 Å². The lowest BCUT2D eigenvalue weighted by molar-refractivity contribution is -0.120. The summed E-state index contributed by atoms with van der Waals surface area (Å²) in [5.74, 6) is -1.34. The summed E-state index contributed by atoms with van der Waals surface area (Å²) < 4.78 is 20.0. The zero-order valence-corrected chi connectivity index (χ0v) is 18.3. The van der Waals surface area contributed by atoms with Crippen LogP contribution in [0.15, 0.2) is 66.4 Å². The Hall–Kier alpha value is -3.93. The van der Waals surface area contributed by atoms with E-state index in [9.17, 15) is 14.0 Å². The Bertz CT molecular complexity index is 1280. The van der Waals surface area contributed by atoms with E-state index >= 15 is 0 Å². The molecule has 3 aromatic rings. The summed E-state index contributed by atoms with van der Waals surface area (Å²) in [7, 11) is 1.53. The van der Waals surface area contributed by atoms with Gasteiger partial charge in [-0.15, -0.1) is 0 Å². The van der Waals surface area contributed by atoms with Gasteiger partial charge in [-0.3, -0.25) is 9.59 Å². The van der Waals surface area contributed by atoms with E-state index in [1.165, 1.54) is 25.3 Å². The van der Waals surface area contributed by atoms with Gasteiger partial charge in [-0.1, -0.05) is 36.4 Å². The standard InChI is InChI=1S/C26H23FN2O3/c1-15-9-12-22(32-4)20(13-15)28-24-23(18-11-10-16(2)17(3)14-18)25(30)29(26(24)31)21-8-6-5-7-19(21)27/h5-14,28H,1-4H3. The molecule has 0 aliphatic carbocycles. The predicted octanol–water partition coefficient (Wildman–Crippen LogP) is 5.16. The molecule has 5 nitrogen and oxygen atoms in total. The van der Waals surface area contributed by atoms with Crippen LogP contribution in [0.3, 0.4) is 0 Å². The highest BCUT2D eigenvalue weighted by atomic mass is 19.1. The maximum absolute atomic E-state index is 14.6. The Labute approximate surface area is 186 Å². The minimum Gasteiger partial charge on any atom is -0.495 e. The summed E-state index contributed by atoms with van der Waals surface area (Å²) in [6.45, 7) is 5.82. The van der Waals surface area contributed by atoms with Crippen molar-refractivity contribution in [2.75, 3.05) is 17.3 Å². The Balaban J connectivity index is 1.90. The number of hydrogen-bond donors (Lipinski definition) is 1. The van der Waals surface area contributed by atoms with Crippen LogP contribution in [-0.2, 0) is 9.59 Å². The molecule has 0 atom stereocenters. The van der Waals surface area contributed by atoms with Crippen LogP contribution in [0.2, 0.25) is 0 Å². The van der Waals surface area contributed by atoms with Gasteiger partial charge in [0, 0.05) is 0 Å². The second-order valence-electron chi connectivity index (χ2n) is 7.77. The fourth-order valence-electron chi connectivity index (χ4n) is 3.72. The zero-order chi connectivity index (χ0) is 23.0. The third kappa shape index (κ3) is 3.64. The highest BCUT2D eigenvalue weighted by Gasteiger charge is 2.41. The van der Waals surface area contributed by atoms with Crippen molar-refractivity contribution >= 4 is 28.8 Å². The molecular weight excluding hydrogens is 407 g/mol. The number of imide groups is 1. The smallest absolute Gasteiger partial charge is 0.282 e. The number of nitrogens with one attached hydrogen (secondary N) is 1. The number of benzene rings is 3. The van der Waals surface area contributed by atoms with Crippen molar-refractivity contribution in [3.63, 3.8) is 0 Å². The van der Waals surface area contributed by atoms with Crippen molar-refractivity contribution in [1.82, 2.24) is 0 Å². The minimum atomic E-state index is -0.650. The SMILES string of the molecule is COc1ccc(C)cc1NC1=C(c2ccc(C)c(C)c2)C(=O)N(c2ccccc2F)C1=O. The molecule has 32 heavy (non-hydrogen) atoms. The second kappa shape index (κ2) is 8.30. The van der Waals surface area contributed by atoms with Crippen molar-refractivity contribution in [2.45, 2.75) is 20.8 Å². The van der Waals surface area contributed by atoms with E-state index in [4.69, 9.17) is 4.74 Å². The second-order valence-corrected chi connectivity index (χ2v) is 7.77. The van der Waals surface area contributed by atoms with Gasteiger partial charge in [-0.2, -0.15) is 0 Å². The Kier molecular flexibility index (Phi) is 5.53. The molecule has 1 heterocycles. The molecule has 0 unspecified atom stereocenters. The number of para-hydroxylation sites is 1. The van der Waals surface area contributed by atoms with Gasteiger partial charge in [0.15, 0.2) is 0 Å². The van der Waals surface area contributed by atoms with Gasteiger partial charge in [0.05, 0.1) is 24.1 Å². The lowest BCUT2D eigenvalue weighted by Crippen LogP contribution is -2.33. The summed E-state index contributed by atoms with van der Waals surface area (Å²) in [5, 5.41) is 3.10. The van der Waals surface area contributed by atoms with Crippen LogP contribution >= 0.6 is 0 Å². The number of halogens is 1. The normalized spacial score (nSPS) is 13.7. The van der Waals surface area contributed by atoms with Gasteiger partial charge in [0.1, 0.15) is 17.3 Å². The molecule has 2 amide bonds. The zero-order valence-electron chi connectivity index (χ0n) is 18.3. The van der Waals surface area contributed by atoms with E-state index < -0.39 is 17.6 Å². The van der Waals surface area contributed by atoms with Gasteiger partial charge in [-0.25, -0.2) is 9.29 Å². The first kappa shape index (κ1) is 21.3. The number of carbonyl (C=O) groups excluding carboxylic acids is 2. The molecule has 0 saturated carbocycles. The summed E-state index contributed by atoms with van der Waals surface area (Å²) in [5.41, 5.74) is 4.29. The van der Waals surface area contributed by atoms with Crippen molar-refractivity contribution in [2.24, 2.45) is 0 Å². The number of aryl methyl sites for hydroxylation is 3. The monoisotopic (exact) mass is 430 g/mol. The molecule has 0 spiro atoms. The number of anilines is 2. The number of amides is 2. The minimum absolute atomic E-state index is 0.0745. The van der Waals surface area contributed by atoms with Crippen molar-refractivity contribution < 1.29 is 18.7 Å². The number of carbonyl (C=O) groups is 2. The lowest BCUT2D eigenvalue weighted by Gasteiger charge is -2.16. The number of nitrogens with zero attached hydrogens (tertiary/aromatic N) is 1. The molecule has 4 rings (SSSR count). The highest BCUT2D eigenvalue weighted by Crippen LogP contribution is 2.37. The number of methoxy groups -OCH3 is 1. The Morgan fingerprint density at radius 1 is 0.875 bits per heavy atom. The number of rotatable bonds is 5. The Morgan fingerprint density at radius 2 is 1.62 bits per heavy atom. The van der Waals surface area contributed by atoms with E-state index in [0.29, 0.717) is 17.0 Å². The highest BCUT2D eigenvalue weighted by molar-refractivity contribution is 6.46. The molecule has 0 aromatic heterocycles. The first-order valence-corrected chi connectivity index (χ1v) is 10.2. The van der Waals surface area contributed by atoms with Crippen LogP contribution in [0, 0.1) is 26.6 Å². The van der Waals surface area contributed by atoms with Gasteiger partial charge in [0.2, 0.25) is 0 Å². The van der Waals surface area contributed by atoms with E-state index in [0.717, 1.165) is 21.6 Å². The van der Waals surface area contributed by atoms with Gasteiger partial charge in [0.25, 0.3) is 11.8 Å². The Morgan fingerprint density at radius 3 is 2.31 bits per heavy atom. The quantitative estimate of drug-likeness (QED) is 0.569. The third-order valence-electron chi connectivity index (χ3n) is 5.59. The van der Waals surface area contributed by atoms with Gasteiger partial charge in [-0.05, 0) is 67.3 Å². The molecule has 1 N–H and O–H groups in total. The van der Waals surface area contributed by atoms with Crippen LogP contribution in [-0.4, -0.2) is 18.9 Å². The van der Waals surface area contributed by atoms with E-state index in [1.54, 1.807) is 18.2 Å². The van der Waals surface area contributed by atoms with Crippen molar-refractivity contribution in [3.05, 3.63) is 94.4 Å². The summed E-state index contributed by atoms with van der Waals surface area (Å²) >= 11 is 0. The van der Waals surface area contributed by atoms with Gasteiger partial charge >= 0.3 is 0 Å². The largest absolute Gasteiger partial charge is 0.495 e. The van der Waals surface area contributed by atoms with E-state index in [1.807, 2.05) is 45.0 Å². The first-order chi connectivity index (χ1) is 15.3. The fraction of sp³-hybridized carbons (Fsp3) is 0.154. The summed E-state index contributed by atoms with van der Waals surface area (Å²) in [6.07, 6.45) is 0. The van der Waals surface area contributed by atoms with Crippen LogP contribution < -0.4 is 15.0 Å². The lowest BCUT2D eigenvalue weighted by atomic mass is 9.99. The van der Waals surface area contributed by atoms with Crippen LogP contribution in [0.1, 0.15) is 22.3 Å². The molecule has 162 valence electrons. The number of ether oxygens (including phenoxy) is 1. The topological polar surface area (TPSA) is 58.6 Å². The first-order valence-electron chi connectivity index (χ1n) is 10.2. The molecule has 0 radical (unpaired) electrons. The molecular formula is C26H23FN2O3. The summed E-state index contributed by atoms with van der Waals surface area (Å²) in [6, 6.07) is 16.8. The molecule has 1 aliphatic rings. The van der Waals surface area contributed by atoms with Crippen LogP contribution in [0.25, 0.3) is 5.57 Å². The molecule has 3 aromatic carbocycles. The van der Waals surface area contributed by atoms with Gasteiger partial charge < -0.3 is 10.1 Å². The third-order valence-corrected chi connectivity index (χ3v) is 5.59. The van der Waals surface area contributed by atoms with E-state index in [-0.39, 0.29) is 17.0 Å². The molecule has 0 fully saturated rings. The summed E-state index contributed by atoms with van der Waals surface area (Å²) in [4.78, 5) is 27.8.